The molecule has 0 aliphatic carbocycles. The van der Waals surface area contributed by atoms with Crippen molar-refractivity contribution in [1.82, 2.24) is 0 Å². The van der Waals surface area contributed by atoms with Gasteiger partial charge in [0.25, 0.3) is 0 Å². The van der Waals surface area contributed by atoms with Crippen LogP contribution in [0.4, 0.5) is 0 Å². The van der Waals surface area contributed by atoms with Crippen LogP contribution in [0.3, 0.4) is 0 Å². The summed E-state index contributed by atoms with van der Waals surface area (Å²) in [5.74, 6) is 0. The second kappa shape index (κ2) is 4.95. The normalized spacial score (nSPS) is 12.6. The van der Waals surface area contributed by atoms with E-state index in [2.05, 4.69) is 94.9 Å². The van der Waals surface area contributed by atoms with E-state index in [4.69, 9.17) is 0 Å². The number of aryl methyl sites for hydroxylation is 1. The summed E-state index contributed by atoms with van der Waals surface area (Å²) < 4.78 is 3.63. The van der Waals surface area contributed by atoms with Gasteiger partial charge in [0.05, 0.1) is 16.3 Å². The smallest absolute Gasteiger partial charge is 0.193 e. The quantitative estimate of drug-likeness (QED) is 0.178. The van der Waals surface area contributed by atoms with Gasteiger partial charge in [0.15, 0.2) is 0 Å². The third kappa shape index (κ3) is 1.90. The van der Waals surface area contributed by atoms with Crippen molar-refractivity contribution < 1.29 is 4.57 Å². The fourth-order valence-corrected chi connectivity index (χ4v) is 5.16. The fourth-order valence-electron chi connectivity index (χ4n) is 3.57. The zero-order valence-electron chi connectivity index (χ0n) is 12.5. The third-order valence-electron chi connectivity index (χ3n) is 4.57. The Morgan fingerprint density at radius 3 is 2.61 bits per heavy atom. The molecule has 1 aromatic heterocycles. The minimum Gasteiger partial charge on any atom is -0.193 e. The van der Waals surface area contributed by atoms with Gasteiger partial charge in [-0.05, 0) is 52.9 Å². The van der Waals surface area contributed by atoms with Gasteiger partial charge in [-0.25, -0.2) is 0 Å². The van der Waals surface area contributed by atoms with Crippen LogP contribution in [0, 0.1) is 3.57 Å². The molecule has 3 heteroatoms. The maximum Gasteiger partial charge on any atom is 0.222 e. The summed E-state index contributed by atoms with van der Waals surface area (Å²) in [6.07, 6.45) is 0. The monoisotopic (exact) mass is 426 g/mol. The Hall–Kier alpha value is -1.59. The van der Waals surface area contributed by atoms with Crippen LogP contribution in [0.5, 0.6) is 0 Å². The highest BCUT2D eigenvalue weighted by molar-refractivity contribution is 14.1. The average molecular weight is 426 g/mol. The van der Waals surface area contributed by atoms with E-state index < -0.39 is 0 Å². The topological polar surface area (TPSA) is 3.88 Å². The molecular formula is C20H13INS+. The lowest BCUT2D eigenvalue weighted by molar-refractivity contribution is -0.632. The van der Waals surface area contributed by atoms with E-state index in [1.54, 1.807) is 0 Å². The van der Waals surface area contributed by atoms with Gasteiger partial charge in [0.2, 0.25) is 11.2 Å². The summed E-state index contributed by atoms with van der Waals surface area (Å²) >= 11 is 4.28. The van der Waals surface area contributed by atoms with E-state index in [1.165, 1.54) is 46.3 Å². The minimum absolute atomic E-state index is 1.27. The Kier molecular flexibility index (Phi) is 2.97. The van der Waals surface area contributed by atoms with Gasteiger partial charge in [-0.3, -0.25) is 0 Å². The predicted molar refractivity (Wildman–Crippen MR) is 105 cm³/mol. The lowest BCUT2D eigenvalue weighted by atomic mass is 9.98. The number of pyridine rings is 1. The van der Waals surface area contributed by atoms with E-state index >= 15 is 0 Å². The van der Waals surface area contributed by atoms with E-state index in [0.717, 1.165) is 0 Å². The molecular weight excluding hydrogens is 413 g/mol. The van der Waals surface area contributed by atoms with E-state index in [9.17, 15) is 0 Å². The van der Waals surface area contributed by atoms with Gasteiger partial charge >= 0.3 is 0 Å². The highest BCUT2D eigenvalue weighted by Crippen LogP contribution is 2.47. The van der Waals surface area contributed by atoms with Gasteiger partial charge in [-0.15, -0.1) is 0 Å². The first-order valence-corrected chi connectivity index (χ1v) is 9.45. The molecule has 1 nitrogen and oxygen atoms in total. The number of hydrogen-bond acceptors (Lipinski definition) is 1. The van der Waals surface area contributed by atoms with Crippen LogP contribution in [-0.2, 0) is 7.05 Å². The number of aromatic nitrogens is 1. The average Bonchev–Trinajstić information content (AvgIpc) is 2.58. The van der Waals surface area contributed by atoms with E-state index in [-0.39, 0.29) is 0 Å². The molecule has 1 aliphatic heterocycles. The van der Waals surface area contributed by atoms with Crippen LogP contribution in [0.1, 0.15) is 0 Å². The number of benzene rings is 3. The lowest BCUT2D eigenvalue weighted by Gasteiger charge is -2.19. The van der Waals surface area contributed by atoms with Gasteiger partial charge < -0.3 is 0 Å². The van der Waals surface area contributed by atoms with E-state index in [1.807, 2.05) is 11.8 Å². The summed E-state index contributed by atoms with van der Waals surface area (Å²) in [7, 11) is 2.19. The highest BCUT2D eigenvalue weighted by Gasteiger charge is 2.28. The van der Waals surface area contributed by atoms with Crippen molar-refractivity contribution in [3.05, 3.63) is 64.2 Å². The first-order chi connectivity index (χ1) is 11.2. The summed E-state index contributed by atoms with van der Waals surface area (Å²) in [5.41, 5.74) is 3.96. The minimum atomic E-state index is 1.27. The molecule has 0 amide bonds. The molecule has 1 aliphatic rings. The molecule has 0 saturated heterocycles. The maximum absolute atomic E-state index is 2.40. The van der Waals surface area contributed by atoms with Gasteiger partial charge in [0.1, 0.15) is 7.05 Å². The van der Waals surface area contributed by atoms with Crippen LogP contribution in [0.2, 0.25) is 0 Å². The molecule has 0 spiro atoms. The molecule has 4 aromatic rings. The number of fused-ring (bicyclic) bond motifs is 4. The standard InChI is InChI=1S/C20H13INS/c1-22-16-11-12(21)9-10-13(16)14-6-4-8-18-19(14)20(22)15-5-2-3-7-17(15)23-18/h2-11H,1H3/q+1. The van der Waals surface area contributed by atoms with Crippen LogP contribution < -0.4 is 4.57 Å². The van der Waals surface area contributed by atoms with Crippen molar-refractivity contribution in [2.75, 3.05) is 0 Å². The van der Waals surface area contributed by atoms with Crippen molar-refractivity contribution in [3.63, 3.8) is 0 Å². The molecule has 5 rings (SSSR count). The summed E-state index contributed by atoms with van der Waals surface area (Å²) in [4.78, 5) is 2.69. The molecule has 0 bridgehead atoms. The van der Waals surface area contributed by atoms with Crippen molar-refractivity contribution in [1.29, 1.82) is 0 Å². The van der Waals surface area contributed by atoms with E-state index in [0.29, 0.717) is 0 Å². The Morgan fingerprint density at radius 1 is 0.870 bits per heavy atom. The van der Waals surface area contributed by atoms with Crippen molar-refractivity contribution in [2.45, 2.75) is 9.79 Å². The molecule has 2 heterocycles. The third-order valence-corrected chi connectivity index (χ3v) is 6.38. The molecule has 0 radical (unpaired) electrons. The predicted octanol–water partition coefficient (Wildman–Crippen LogP) is 5.55. The number of halogens is 1. The van der Waals surface area contributed by atoms with Crippen molar-refractivity contribution >= 4 is 56.0 Å². The zero-order valence-corrected chi connectivity index (χ0v) is 15.5. The van der Waals surface area contributed by atoms with Gasteiger partial charge in [-0.2, -0.15) is 4.57 Å². The lowest BCUT2D eigenvalue weighted by Crippen LogP contribution is -2.33. The SMILES string of the molecule is C[n+]1c2c3c(cccc3c3ccc(I)cc31)Sc1ccccc1-2. The molecule has 3 aromatic carbocycles. The van der Waals surface area contributed by atoms with Crippen LogP contribution in [0.15, 0.2) is 70.5 Å². The van der Waals surface area contributed by atoms with Crippen LogP contribution >= 0.6 is 34.4 Å². The second-order valence-electron chi connectivity index (χ2n) is 5.85. The van der Waals surface area contributed by atoms with Crippen molar-refractivity contribution in [2.24, 2.45) is 7.05 Å². The van der Waals surface area contributed by atoms with Crippen LogP contribution in [-0.4, -0.2) is 0 Å². The van der Waals surface area contributed by atoms with Gasteiger partial charge in [0, 0.05) is 24.8 Å². The van der Waals surface area contributed by atoms with Gasteiger partial charge in [-0.1, -0.05) is 36.0 Å². The first kappa shape index (κ1) is 13.8. The molecule has 0 N–H and O–H groups in total. The van der Waals surface area contributed by atoms with Crippen molar-refractivity contribution in [3.8, 4) is 11.3 Å². The largest absolute Gasteiger partial charge is 0.222 e. The molecule has 23 heavy (non-hydrogen) atoms. The molecule has 110 valence electrons. The summed E-state index contributed by atoms with van der Waals surface area (Å²) in [5, 5.41) is 4.06. The summed E-state index contributed by atoms with van der Waals surface area (Å²) in [6, 6.07) is 22.1. The molecule has 0 fully saturated rings. The second-order valence-corrected chi connectivity index (χ2v) is 8.18. The van der Waals surface area contributed by atoms with Crippen LogP contribution in [0.25, 0.3) is 32.9 Å². The Labute approximate surface area is 152 Å². The molecule has 0 saturated carbocycles. The molecule has 0 atom stereocenters. The highest BCUT2D eigenvalue weighted by atomic mass is 127. The first-order valence-electron chi connectivity index (χ1n) is 7.55. The Morgan fingerprint density at radius 2 is 1.70 bits per heavy atom. The Balaban J connectivity index is 2.10. The molecule has 0 unspecified atom stereocenters. The summed E-state index contributed by atoms with van der Waals surface area (Å²) in [6.45, 7) is 0. The number of hydrogen-bond donors (Lipinski definition) is 0. The Bertz CT molecular complexity index is 1120. The zero-order chi connectivity index (χ0) is 15.6. The fraction of sp³-hybridized carbons (Fsp3) is 0.0500. The number of nitrogens with zero attached hydrogens (tertiary/aromatic N) is 1. The maximum atomic E-state index is 2.40. The number of rotatable bonds is 0.